The molecule has 0 aliphatic carbocycles. The monoisotopic (exact) mass is 327 g/mol. The summed E-state index contributed by atoms with van der Waals surface area (Å²) in [5, 5.41) is 11.0. The fourth-order valence-electron chi connectivity index (χ4n) is 3.13. The molecule has 2 heterocycles. The average Bonchev–Trinajstić information content (AvgIpc) is 2.63. The fraction of sp³-hybridized carbons (Fsp3) is 0.421. The van der Waals surface area contributed by atoms with Crippen LogP contribution in [0, 0.1) is 0 Å². The van der Waals surface area contributed by atoms with Gasteiger partial charge in [0.05, 0.1) is 13.2 Å². The van der Waals surface area contributed by atoms with Crippen LogP contribution in [0.25, 0.3) is 10.9 Å². The fourth-order valence-corrected chi connectivity index (χ4v) is 3.13. The Morgan fingerprint density at radius 3 is 2.75 bits per heavy atom. The highest BCUT2D eigenvalue weighted by Gasteiger charge is 2.17. The highest BCUT2D eigenvalue weighted by Crippen LogP contribution is 2.26. The summed E-state index contributed by atoms with van der Waals surface area (Å²) in [6.07, 6.45) is 3.51. The Morgan fingerprint density at radius 1 is 1.17 bits per heavy atom. The van der Waals surface area contributed by atoms with Gasteiger partial charge in [-0.1, -0.05) is 18.2 Å². The van der Waals surface area contributed by atoms with Gasteiger partial charge in [0, 0.05) is 50.9 Å². The number of aromatic hydroxyl groups is 1. The van der Waals surface area contributed by atoms with Crippen molar-refractivity contribution in [3.8, 4) is 5.75 Å². The SMILES string of the molecule is C=CCOCCN1CCN(Cc2ccc(O)c3ncccc23)CC1. The van der Waals surface area contributed by atoms with E-state index in [1.165, 1.54) is 5.56 Å². The summed E-state index contributed by atoms with van der Waals surface area (Å²) in [7, 11) is 0. The molecule has 5 heteroatoms. The number of benzene rings is 1. The minimum atomic E-state index is 0.249. The van der Waals surface area contributed by atoms with E-state index in [0.717, 1.165) is 51.3 Å². The molecule has 0 spiro atoms. The van der Waals surface area contributed by atoms with Crippen molar-refractivity contribution >= 4 is 10.9 Å². The van der Waals surface area contributed by atoms with Crippen LogP contribution in [-0.4, -0.2) is 65.8 Å². The number of fused-ring (bicyclic) bond motifs is 1. The molecule has 1 aliphatic heterocycles. The Bertz CT molecular complexity index is 681. The second-order valence-electron chi connectivity index (χ2n) is 6.12. The number of hydrogen-bond acceptors (Lipinski definition) is 5. The number of pyridine rings is 1. The number of piperazine rings is 1. The zero-order valence-corrected chi connectivity index (χ0v) is 14.0. The number of aromatic nitrogens is 1. The van der Waals surface area contributed by atoms with Crippen molar-refractivity contribution in [1.82, 2.24) is 14.8 Å². The molecule has 1 aromatic carbocycles. The van der Waals surface area contributed by atoms with Crippen LogP contribution in [0.2, 0.25) is 0 Å². The molecule has 3 rings (SSSR count). The highest BCUT2D eigenvalue weighted by atomic mass is 16.5. The maximum atomic E-state index is 9.96. The van der Waals surface area contributed by atoms with Crippen molar-refractivity contribution in [3.05, 3.63) is 48.7 Å². The van der Waals surface area contributed by atoms with E-state index in [1.54, 1.807) is 18.3 Å². The topological polar surface area (TPSA) is 48.8 Å². The summed E-state index contributed by atoms with van der Waals surface area (Å²) in [6.45, 7) is 11.1. The van der Waals surface area contributed by atoms with Crippen molar-refractivity contribution < 1.29 is 9.84 Å². The minimum Gasteiger partial charge on any atom is -0.506 e. The third-order valence-electron chi connectivity index (χ3n) is 4.49. The lowest BCUT2D eigenvalue weighted by molar-refractivity contribution is 0.0839. The molecule has 5 nitrogen and oxygen atoms in total. The number of phenolic OH excluding ortho intramolecular Hbond substituents is 1. The Kier molecular flexibility index (Phi) is 5.80. The predicted octanol–water partition coefficient (Wildman–Crippen LogP) is 2.26. The molecule has 0 saturated carbocycles. The summed E-state index contributed by atoms with van der Waals surface area (Å²) in [5.74, 6) is 0.249. The summed E-state index contributed by atoms with van der Waals surface area (Å²) < 4.78 is 5.46. The van der Waals surface area contributed by atoms with Crippen molar-refractivity contribution in [2.75, 3.05) is 45.9 Å². The Balaban J connectivity index is 1.55. The highest BCUT2D eigenvalue weighted by molar-refractivity contribution is 5.87. The van der Waals surface area contributed by atoms with E-state index < -0.39 is 0 Å². The standard InChI is InChI=1S/C19H25N3O2/c1-2-13-24-14-12-21-8-10-22(11-9-21)15-16-5-6-18(23)19-17(16)4-3-7-20-19/h2-7,23H,1,8-15H2. The van der Waals surface area contributed by atoms with Gasteiger partial charge in [-0.05, 0) is 17.7 Å². The molecule has 24 heavy (non-hydrogen) atoms. The van der Waals surface area contributed by atoms with E-state index in [2.05, 4.69) is 21.4 Å². The molecule has 2 aromatic rings. The van der Waals surface area contributed by atoms with Crippen LogP contribution in [0.1, 0.15) is 5.56 Å². The van der Waals surface area contributed by atoms with E-state index in [1.807, 2.05) is 18.2 Å². The normalized spacial score (nSPS) is 16.5. The van der Waals surface area contributed by atoms with Gasteiger partial charge >= 0.3 is 0 Å². The first-order chi connectivity index (χ1) is 11.8. The van der Waals surface area contributed by atoms with Gasteiger partial charge in [0.1, 0.15) is 11.3 Å². The number of hydrogen-bond donors (Lipinski definition) is 1. The molecule has 1 N–H and O–H groups in total. The zero-order valence-electron chi connectivity index (χ0n) is 14.0. The molecule has 0 radical (unpaired) electrons. The van der Waals surface area contributed by atoms with Crippen LogP contribution in [0.5, 0.6) is 5.75 Å². The van der Waals surface area contributed by atoms with Crippen molar-refractivity contribution in [2.45, 2.75) is 6.54 Å². The van der Waals surface area contributed by atoms with Gasteiger partial charge in [-0.15, -0.1) is 6.58 Å². The van der Waals surface area contributed by atoms with E-state index >= 15 is 0 Å². The molecule has 0 unspecified atom stereocenters. The second-order valence-corrected chi connectivity index (χ2v) is 6.12. The maximum absolute atomic E-state index is 9.96. The molecule has 1 aliphatic rings. The number of rotatable bonds is 7. The maximum Gasteiger partial charge on any atom is 0.141 e. The quantitative estimate of drug-likeness (QED) is 0.624. The first-order valence-electron chi connectivity index (χ1n) is 8.47. The van der Waals surface area contributed by atoms with Crippen LogP contribution in [0.3, 0.4) is 0 Å². The zero-order chi connectivity index (χ0) is 16.8. The minimum absolute atomic E-state index is 0.249. The molecule has 0 amide bonds. The smallest absolute Gasteiger partial charge is 0.141 e. The van der Waals surface area contributed by atoms with E-state index in [9.17, 15) is 5.11 Å². The Labute approximate surface area is 143 Å². The van der Waals surface area contributed by atoms with Crippen molar-refractivity contribution in [1.29, 1.82) is 0 Å². The van der Waals surface area contributed by atoms with Crippen LogP contribution in [-0.2, 0) is 11.3 Å². The van der Waals surface area contributed by atoms with Gasteiger partial charge in [0.25, 0.3) is 0 Å². The number of phenols is 1. The van der Waals surface area contributed by atoms with Gasteiger partial charge < -0.3 is 9.84 Å². The van der Waals surface area contributed by atoms with Gasteiger partial charge in [0.2, 0.25) is 0 Å². The third-order valence-corrected chi connectivity index (χ3v) is 4.49. The van der Waals surface area contributed by atoms with E-state index in [0.29, 0.717) is 12.1 Å². The second kappa shape index (κ2) is 8.24. The molecule has 1 fully saturated rings. The summed E-state index contributed by atoms with van der Waals surface area (Å²) >= 11 is 0. The molecule has 128 valence electrons. The number of ether oxygens (including phenoxy) is 1. The first-order valence-corrected chi connectivity index (χ1v) is 8.47. The molecular formula is C19H25N3O2. The van der Waals surface area contributed by atoms with Crippen LogP contribution in [0.15, 0.2) is 43.1 Å². The largest absolute Gasteiger partial charge is 0.506 e. The molecule has 1 aromatic heterocycles. The van der Waals surface area contributed by atoms with Crippen molar-refractivity contribution in [3.63, 3.8) is 0 Å². The lowest BCUT2D eigenvalue weighted by Gasteiger charge is -2.34. The van der Waals surface area contributed by atoms with E-state index in [-0.39, 0.29) is 5.75 Å². The van der Waals surface area contributed by atoms with Crippen molar-refractivity contribution in [2.24, 2.45) is 0 Å². The van der Waals surface area contributed by atoms with Crippen LogP contribution < -0.4 is 0 Å². The van der Waals surface area contributed by atoms with Gasteiger partial charge in [-0.2, -0.15) is 0 Å². The lowest BCUT2D eigenvalue weighted by atomic mass is 10.1. The van der Waals surface area contributed by atoms with E-state index in [4.69, 9.17) is 4.74 Å². The molecule has 1 saturated heterocycles. The van der Waals surface area contributed by atoms with Gasteiger partial charge in [0.15, 0.2) is 0 Å². The van der Waals surface area contributed by atoms with Crippen LogP contribution in [0.4, 0.5) is 0 Å². The average molecular weight is 327 g/mol. The predicted molar refractivity (Wildman–Crippen MR) is 96.1 cm³/mol. The van der Waals surface area contributed by atoms with Gasteiger partial charge in [-0.3, -0.25) is 14.8 Å². The molecule has 0 atom stereocenters. The third kappa shape index (κ3) is 4.12. The molecule has 0 bridgehead atoms. The lowest BCUT2D eigenvalue weighted by Crippen LogP contribution is -2.46. The Hall–Kier alpha value is -1.95. The first kappa shape index (κ1) is 16.9. The summed E-state index contributed by atoms with van der Waals surface area (Å²) in [6, 6.07) is 7.71. The number of nitrogens with zero attached hydrogens (tertiary/aromatic N) is 3. The summed E-state index contributed by atoms with van der Waals surface area (Å²) in [4.78, 5) is 9.20. The van der Waals surface area contributed by atoms with Gasteiger partial charge in [-0.25, -0.2) is 0 Å². The Morgan fingerprint density at radius 2 is 1.96 bits per heavy atom. The summed E-state index contributed by atoms with van der Waals surface area (Å²) in [5.41, 5.74) is 1.91. The molecular weight excluding hydrogens is 302 g/mol. The van der Waals surface area contributed by atoms with Crippen LogP contribution >= 0.6 is 0 Å².